The van der Waals surface area contributed by atoms with Gasteiger partial charge in [0.15, 0.2) is 5.60 Å². The Labute approximate surface area is 185 Å². The molecule has 2 aromatic heterocycles. The first-order valence-corrected chi connectivity index (χ1v) is 10.8. The molecule has 3 aromatic rings. The first-order valence-electron chi connectivity index (χ1n) is 10.8. The molecule has 32 heavy (non-hydrogen) atoms. The smallest absolute Gasteiger partial charge is 0.160 e. The fourth-order valence-corrected chi connectivity index (χ4v) is 4.76. The first-order chi connectivity index (χ1) is 15.2. The second kappa shape index (κ2) is 7.46. The zero-order chi connectivity index (χ0) is 22.6. The second-order valence-corrected chi connectivity index (χ2v) is 9.21. The van der Waals surface area contributed by atoms with Crippen molar-refractivity contribution in [3.05, 3.63) is 42.4 Å². The van der Waals surface area contributed by atoms with Crippen LogP contribution in [0.1, 0.15) is 38.3 Å². The number of anilines is 1. The molecule has 0 saturated heterocycles. The Morgan fingerprint density at radius 1 is 1.16 bits per heavy atom. The van der Waals surface area contributed by atoms with E-state index in [0.717, 1.165) is 29.5 Å². The number of hydrogen-bond acceptors (Lipinski definition) is 8. The molecule has 3 heterocycles. The molecule has 9 heteroatoms. The number of rotatable bonds is 4. The van der Waals surface area contributed by atoms with Gasteiger partial charge in [-0.25, -0.2) is 15.0 Å². The summed E-state index contributed by atoms with van der Waals surface area (Å²) in [6.45, 7) is 3.78. The van der Waals surface area contributed by atoms with Crippen molar-refractivity contribution in [2.24, 2.45) is 16.6 Å². The molecule has 5 rings (SSSR count). The van der Waals surface area contributed by atoms with Gasteiger partial charge in [0.1, 0.15) is 41.2 Å². The van der Waals surface area contributed by atoms with Crippen LogP contribution in [0.25, 0.3) is 11.0 Å². The van der Waals surface area contributed by atoms with Crippen molar-refractivity contribution in [3.8, 4) is 5.75 Å². The van der Waals surface area contributed by atoms with E-state index in [9.17, 15) is 10.2 Å². The number of amidine groups is 1. The van der Waals surface area contributed by atoms with E-state index in [0.29, 0.717) is 29.5 Å². The fraction of sp³-hybridized carbons (Fsp3) is 0.435. The second-order valence-electron chi connectivity index (χ2n) is 9.21. The van der Waals surface area contributed by atoms with E-state index in [1.807, 2.05) is 48.9 Å². The van der Waals surface area contributed by atoms with E-state index in [1.165, 1.54) is 6.33 Å². The molecule has 4 atom stereocenters. The number of fused-ring (bicyclic) bond motifs is 2. The van der Waals surface area contributed by atoms with Crippen LogP contribution in [-0.4, -0.2) is 48.4 Å². The third-order valence-corrected chi connectivity index (χ3v) is 6.72. The monoisotopic (exact) mass is 436 g/mol. The number of aliphatic hydroxyl groups is 2. The standard InChI is InChI=1S/C23H28N6O3/c1-23(2)22(25)28-15-9-12(4-6-17(15)32-23)3-5-13-10-16(19(31)18(13)30)29-8-7-14-20(24)26-11-27-21(14)29/h4,6-9,11,13,16,18-19,30-31H,3,5,10H2,1-2H3,(H2,25,28)(H2,24,26,27)/t13-,16+,18+,19-/m0/s1. The van der Waals surface area contributed by atoms with Crippen LogP contribution in [0, 0.1) is 5.92 Å². The summed E-state index contributed by atoms with van der Waals surface area (Å²) in [7, 11) is 0. The van der Waals surface area contributed by atoms with Crippen molar-refractivity contribution >= 4 is 28.4 Å². The van der Waals surface area contributed by atoms with Gasteiger partial charge in [-0.3, -0.25) is 0 Å². The molecule has 1 aliphatic heterocycles. The molecule has 1 aromatic carbocycles. The van der Waals surface area contributed by atoms with Gasteiger partial charge in [0, 0.05) is 6.20 Å². The van der Waals surface area contributed by atoms with E-state index in [1.54, 1.807) is 0 Å². The summed E-state index contributed by atoms with van der Waals surface area (Å²) in [6, 6.07) is 7.48. The fourth-order valence-electron chi connectivity index (χ4n) is 4.76. The highest BCUT2D eigenvalue weighted by Crippen LogP contribution is 2.41. The number of aliphatic hydroxyl groups excluding tert-OH is 2. The highest BCUT2D eigenvalue weighted by Gasteiger charge is 2.42. The molecule has 168 valence electrons. The quantitative estimate of drug-likeness (QED) is 0.490. The van der Waals surface area contributed by atoms with Crippen LogP contribution in [0.4, 0.5) is 11.5 Å². The normalized spacial score (nSPS) is 26.6. The molecule has 0 spiro atoms. The van der Waals surface area contributed by atoms with Crippen LogP contribution in [-0.2, 0) is 6.42 Å². The number of nitrogen functional groups attached to an aromatic ring is 1. The number of hydrogen-bond donors (Lipinski definition) is 4. The van der Waals surface area contributed by atoms with Crippen LogP contribution < -0.4 is 16.2 Å². The van der Waals surface area contributed by atoms with Gasteiger partial charge in [0.05, 0.1) is 17.5 Å². The van der Waals surface area contributed by atoms with Crippen molar-refractivity contribution in [2.45, 2.75) is 57.0 Å². The Balaban J connectivity index is 1.31. The van der Waals surface area contributed by atoms with Crippen molar-refractivity contribution < 1.29 is 14.9 Å². The number of nitrogens with zero attached hydrogens (tertiary/aromatic N) is 4. The largest absolute Gasteiger partial charge is 0.478 e. The van der Waals surface area contributed by atoms with E-state index in [-0.39, 0.29) is 12.0 Å². The maximum absolute atomic E-state index is 10.8. The Bertz CT molecular complexity index is 1200. The molecule has 6 N–H and O–H groups in total. The van der Waals surface area contributed by atoms with Gasteiger partial charge in [0.25, 0.3) is 0 Å². The molecule has 0 unspecified atom stereocenters. The lowest BCUT2D eigenvalue weighted by atomic mass is 9.95. The van der Waals surface area contributed by atoms with Crippen LogP contribution in [0.15, 0.2) is 41.8 Å². The third kappa shape index (κ3) is 3.37. The van der Waals surface area contributed by atoms with Crippen molar-refractivity contribution in [1.29, 1.82) is 0 Å². The van der Waals surface area contributed by atoms with Crippen LogP contribution in [0.3, 0.4) is 0 Å². The molecule has 1 saturated carbocycles. The molecule has 0 radical (unpaired) electrons. The summed E-state index contributed by atoms with van der Waals surface area (Å²) in [5, 5.41) is 22.3. The highest BCUT2D eigenvalue weighted by atomic mass is 16.5. The third-order valence-electron chi connectivity index (χ3n) is 6.72. The summed E-state index contributed by atoms with van der Waals surface area (Å²) in [5.74, 6) is 1.51. The van der Waals surface area contributed by atoms with Gasteiger partial charge >= 0.3 is 0 Å². The Morgan fingerprint density at radius 2 is 1.97 bits per heavy atom. The molecule has 9 nitrogen and oxygen atoms in total. The minimum atomic E-state index is -0.879. The van der Waals surface area contributed by atoms with Crippen LogP contribution >= 0.6 is 0 Å². The number of nitrogens with two attached hydrogens (primary N) is 2. The van der Waals surface area contributed by atoms with E-state index < -0.39 is 17.8 Å². The maximum atomic E-state index is 10.8. The molecule has 1 fully saturated rings. The van der Waals surface area contributed by atoms with Gasteiger partial charge in [-0.2, -0.15) is 0 Å². The molecule has 1 aliphatic carbocycles. The van der Waals surface area contributed by atoms with E-state index in [2.05, 4.69) is 15.0 Å². The zero-order valence-corrected chi connectivity index (χ0v) is 18.1. The number of aryl methyl sites for hydroxylation is 1. The molecule has 0 amide bonds. The van der Waals surface area contributed by atoms with E-state index >= 15 is 0 Å². The van der Waals surface area contributed by atoms with Crippen LogP contribution in [0.2, 0.25) is 0 Å². The van der Waals surface area contributed by atoms with Crippen molar-refractivity contribution in [1.82, 2.24) is 14.5 Å². The highest BCUT2D eigenvalue weighted by molar-refractivity contribution is 5.93. The maximum Gasteiger partial charge on any atom is 0.160 e. The van der Waals surface area contributed by atoms with Gasteiger partial charge in [-0.1, -0.05) is 6.07 Å². The van der Waals surface area contributed by atoms with Gasteiger partial charge in [0.2, 0.25) is 0 Å². The number of aromatic nitrogens is 3. The lowest BCUT2D eigenvalue weighted by Crippen LogP contribution is -2.45. The summed E-state index contributed by atoms with van der Waals surface area (Å²) < 4.78 is 7.84. The molecule has 2 aliphatic rings. The van der Waals surface area contributed by atoms with E-state index in [4.69, 9.17) is 16.2 Å². The minimum absolute atomic E-state index is 0.0496. The minimum Gasteiger partial charge on any atom is -0.478 e. The molecule has 0 bridgehead atoms. The summed E-state index contributed by atoms with van der Waals surface area (Å²) in [5.41, 5.74) is 13.8. The Kier molecular flexibility index (Phi) is 4.83. The average molecular weight is 437 g/mol. The average Bonchev–Trinajstić information content (AvgIpc) is 3.30. The zero-order valence-electron chi connectivity index (χ0n) is 18.1. The van der Waals surface area contributed by atoms with Gasteiger partial charge in [-0.05, 0) is 62.8 Å². The number of benzene rings is 1. The molecular weight excluding hydrogens is 408 g/mol. The van der Waals surface area contributed by atoms with Crippen LogP contribution in [0.5, 0.6) is 5.75 Å². The Morgan fingerprint density at radius 3 is 2.78 bits per heavy atom. The SMILES string of the molecule is CC1(C)Oc2ccc(CC[C@H]3C[C@@H](n4ccc5c(N)ncnc54)[C@H](O)[C@@H]3O)cc2N=C1N. The Hall–Kier alpha value is -3.17. The van der Waals surface area contributed by atoms with Gasteiger partial charge in [-0.15, -0.1) is 0 Å². The lowest BCUT2D eigenvalue weighted by Gasteiger charge is -2.30. The summed E-state index contributed by atoms with van der Waals surface area (Å²) >= 11 is 0. The number of ether oxygens (including phenoxy) is 1. The number of aliphatic imine (C=N–C) groups is 1. The lowest BCUT2D eigenvalue weighted by molar-refractivity contribution is 0.00545. The first kappa shape index (κ1) is 20.7. The predicted octanol–water partition coefficient (Wildman–Crippen LogP) is 2.09. The summed E-state index contributed by atoms with van der Waals surface area (Å²) in [6.07, 6.45) is 3.70. The topological polar surface area (TPSA) is 145 Å². The van der Waals surface area contributed by atoms with Crippen molar-refractivity contribution in [2.75, 3.05) is 5.73 Å². The predicted molar refractivity (Wildman–Crippen MR) is 122 cm³/mol. The van der Waals surface area contributed by atoms with Crippen molar-refractivity contribution in [3.63, 3.8) is 0 Å². The molecular formula is C23H28N6O3. The van der Waals surface area contributed by atoms with Gasteiger partial charge < -0.3 is 31.0 Å². The summed E-state index contributed by atoms with van der Waals surface area (Å²) in [4.78, 5) is 12.8.